The zero-order valence-corrected chi connectivity index (χ0v) is 29.6. The predicted molar refractivity (Wildman–Crippen MR) is 188 cm³/mol. The van der Waals surface area contributed by atoms with Crippen LogP contribution in [0.5, 0.6) is 0 Å². The van der Waals surface area contributed by atoms with Gasteiger partial charge in [-0.1, -0.05) is 132 Å². The van der Waals surface area contributed by atoms with E-state index in [4.69, 9.17) is 19.3 Å². The van der Waals surface area contributed by atoms with Crippen LogP contribution in [-0.2, 0) is 28.2 Å². The summed E-state index contributed by atoms with van der Waals surface area (Å²) in [7, 11) is -4.76. The molecule has 0 saturated carbocycles. The first-order valence-electron chi connectivity index (χ1n) is 17.6. The Balaban J connectivity index is 4.09. The minimum atomic E-state index is -4.76. The van der Waals surface area contributed by atoms with E-state index in [1.807, 2.05) is 36.5 Å². The third-order valence-electron chi connectivity index (χ3n) is 7.11. The van der Waals surface area contributed by atoms with Crippen molar-refractivity contribution in [1.29, 1.82) is 0 Å². The van der Waals surface area contributed by atoms with Gasteiger partial charge in [0, 0.05) is 12.8 Å². The molecule has 0 aromatic carbocycles. The zero-order chi connectivity index (χ0) is 34.0. The molecular weight excluding hydrogens is 603 g/mol. The first-order valence-corrected chi connectivity index (χ1v) is 19.2. The SMILES string of the molecule is CC/C=C/C=C/C=C/C=C/CCCCCCCC(=O)O[C@H](COC(=O)CCCCC/C=C/CCCCCCCC)COP(=O)(O)O. The van der Waals surface area contributed by atoms with Gasteiger partial charge in [0.25, 0.3) is 0 Å². The number of hydrogen-bond donors (Lipinski definition) is 2. The Morgan fingerprint density at radius 1 is 0.587 bits per heavy atom. The van der Waals surface area contributed by atoms with Gasteiger partial charge in [0.05, 0.1) is 6.61 Å². The Morgan fingerprint density at radius 2 is 1.07 bits per heavy atom. The largest absolute Gasteiger partial charge is 0.469 e. The molecule has 0 saturated heterocycles. The van der Waals surface area contributed by atoms with Crippen molar-refractivity contribution in [3.05, 3.63) is 60.8 Å². The molecule has 0 amide bonds. The van der Waals surface area contributed by atoms with E-state index in [9.17, 15) is 14.2 Å². The van der Waals surface area contributed by atoms with Gasteiger partial charge in [-0.05, 0) is 57.8 Å². The summed E-state index contributed by atoms with van der Waals surface area (Å²) in [6, 6.07) is 0. The quantitative estimate of drug-likeness (QED) is 0.0247. The maximum absolute atomic E-state index is 12.3. The van der Waals surface area contributed by atoms with Crippen LogP contribution in [0.25, 0.3) is 0 Å². The fraction of sp³-hybridized carbons (Fsp3) is 0.676. The predicted octanol–water partition coefficient (Wildman–Crippen LogP) is 10.2. The number of rotatable bonds is 31. The van der Waals surface area contributed by atoms with E-state index in [1.165, 1.54) is 38.5 Å². The zero-order valence-electron chi connectivity index (χ0n) is 28.7. The molecular formula is C37H63O8P. The highest BCUT2D eigenvalue weighted by Crippen LogP contribution is 2.35. The van der Waals surface area contributed by atoms with Gasteiger partial charge in [-0.3, -0.25) is 14.1 Å². The summed E-state index contributed by atoms with van der Waals surface area (Å²) in [5.74, 6) is -0.938. The van der Waals surface area contributed by atoms with Crippen molar-refractivity contribution in [1.82, 2.24) is 0 Å². The highest BCUT2D eigenvalue weighted by molar-refractivity contribution is 7.46. The molecule has 0 spiro atoms. The monoisotopic (exact) mass is 666 g/mol. The number of phosphoric ester groups is 1. The maximum Gasteiger partial charge on any atom is 0.469 e. The maximum atomic E-state index is 12.3. The number of ether oxygens (including phenoxy) is 2. The van der Waals surface area contributed by atoms with Gasteiger partial charge in [0.15, 0.2) is 6.10 Å². The lowest BCUT2D eigenvalue weighted by atomic mass is 10.1. The number of carbonyl (C=O) groups is 2. The first-order chi connectivity index (χ1) is 22.3. The molecule has 0 heterocycles. The molecule has 264 valence electrons. The summed E-state index contributed by atoms with van der Waals surface area (Å²) >= 11 is 0. The summed E-state index contributed by atoms with van der Waals surface area (Å²) in [5.41, 5.74) is 0. The van der Waals surface area contributed by atoms with Gasteiger partial charge >= 0.3 is 19.8 Å². The van der Waals surface area contributed by atoms with Crippen LogP contribution < -0.4 is 0 Å². The molecule has 46 heavy (non-hydrogen) atoms. The van der Waals surface area contributed by atoms with Crippen molar-refractivity contribution >= 4 is 19.8 Å². The molecule has 0 aromatic heterocycles. The van der Waals surface area contributed by atoms with Gasteiger partial charge in [-0.2, -0.15) is 0 Å². The van der Waals surface area contributed by atoms with E-state index < -0.39 is 32.5 Å². The third-order valence-corrected chi connectivity index (χ3v) is 7.60. The number of hydrogen-bond acceptors (Lipinski definition) is 6. The van der Waals surface area contributed by atoms with Crippen LogP contribution in [-0.4, -0.2) is 41.0 Å². The van der Waals surface area contributed by atoms with Gasteiger partial charge in [-0.25, -0.2) is 4.57 Å². The lowest BCUT2D eigenvalue weighted by Crippen LogP contribution is -2.29. The molecule has 0 rings (SSSR count). The average molecular weight is 667 g/mol. The normalized spacial score (nSPS) is 13.2. The van der Waals surface area contributed by atoms with Crippen LogP contribution in [0.3, 0.4) is 0 Å². The van der Waals surface area contributed by atoms with Crippen molar-refractivity contribution in [3.8, 4) is 0 Å². The van der Waals surface area contributed by atoms with Crippen LogP contribution in [0.4, 0.5) is 0 Å². The number of esters is 2. The standard InChI is InChI=1S/C37H63O8P/c1-3-5-7-9-11-13-15-17-18-20-22-24-26-28-30-32-37(39)45-35(34-44-46(40,41)42)33-43-36(38)31-29-27-25-23-21-19-16-14-12-10-8-6-4-2/h5,7,9,11,13,15,17-19,21,35H,3-4,6,8,10,12,14,16,20,22-34H2,1-2H3,(H2,40,41,42)/b7-5+,11-9+,15-13+,18-17+,21-19+/t35-/m1/s1. The second kappa shape index (κ2) is 32.7. The van der Waals surface area contributed by atoms with E-state index in [2.05, 4.69) is 42.7 Å². The molecule has 8 nitrogen and oxygen atoms in total. The Morgan fingerprint density at radius 3 is 1.65 bits per heavy atom. The summed E-state index contributed by atoms with van der Waals surface area (Å²) in [4.78, 5) is 42.6. The van der Waals surface area contributed by atoms with Crippen LogP contribution in [0, 0.1) is 0 Å². The van der Waals surface area contributed by atoms with Gasteiger partial charge in [-0.15, -0.1) is 0 Å². The summed E-state index contributed by atoms with van der Waals surface area (Å²) < 4.78 is 26.2. The average Bonchev–Trinajstić information content (AvgIpc) is 3.02. The molecule has 0 aromatic rings. The Kier molecular flexibility index (Phi) is 31.1. The molecule has 0 unspecified atom stereocenters. The molecule has 0 aliphatic rings. The smallest absolute Gasteiger partial charge is 0.462 e. The van der Waals surface area contributed by atoms with Crippen LogP contribution in [0.15, 0.2) is 60.8 Å². The lowest BCUT2D eigenvalue weighted by molar-refractivity contribution is -0.161. The van der Waals surface area contributed by atoms with E-state index in [-0.39, 0.29) is 19.4 Å². The van der Waals surface area contributed by atoms with E-state index in [0.29, 0.717) is 12.8 Å². The Bertz CT molecular complexity index is 932. The third kappa shape index (κ3) is 34.6. The van der Waals surface area contributed by atoms with Crippen LogP contribution in [0.2, 0.25) is 0 Å². The van der Waals surface area contributed by atoms with Crippen molar-refractivity contribution in [2.24, 2.45) is 0 Å². The molecule has 0 bridgehead atoms. The van der Waals surface area contributed by atoms with Crippen molar-refractivity contribution < 1.29 is 37.9 Å². The molecule has 0 aliphatic heterocycles. The van der Waals surface area contributed by atoms with E-state index in [1.54, 1.807) is 0 Å². The van der Waals surface area contributed by atoms with Gasteiger partial charge in [0.1, 0.15) is 6.61 Å². The highest BCUT2D eigenvalue weighted by Gasteiger charge is 2.22. The van der Waals surface area contributed by atoms with Crippen molar-refractivity contribution in [2.45, 2.75) is 148 Å². The molecule has 9 heteroatoms. The summed E-state index contributed by atoms with van der Waals surface area (Å²) in [6.07, 6.45) is 39.4. The molecule has 1 atom stereocenters. The van der Waals surface area contributed by atoms with E-state index in [0.717, 1.165) is 64.2 Å². The Labute approximate surface area is 279 Å². The molecule has 0 fully saturated rings. The lowest BCUT2D eigenvalue weighted by Gasteiger charge is -2.18. The topological polar surface area (TPSA) is 119 Å². The van der Waals surface area contributed by atoms with Crippen LogP contribution >= 0.6 is 7.82 Å². The van der Waals surface area contributed by atoms with Gasteiger partial charge in [0.2, 0.25) is 0 Å². The fourth-order valence-electron chi connectivity index (χ4n) is 4.49. The van der Waals surface area contributed by atoms with Crippen molar-refractivity contribution in [3.63, 3.8) is 0 Å². The van der Waals surface area contributed by atoms with Gasteiger partial charge < -0.3 is 19.3 Å². The number of phosphoric acid groups is 1. The van der Waals surface area contributed by atoms with Crippen LogP contribution in [0.1, 0.15) is 142 Å². The second-order valence-electron chi connectivity index (χ2n) is 11.5. The number of allylic oxidation sites excluding steroid dienone is 10. The summed E-state index contributed by atoms with van der Waals surface area (Å²) in [6.45, 7) is 3.48. The van der Waals surface area contributed by atoms with E-state index >= 15 is 0 Å². The molecule has 0 aliphatic carbocycles. The highest BCUT2D eigenvalue weighted by atomic mass is 31.2. The van der Waals surface area contributed by atoms with Crippen molar-refractivity contribution in [2.75, 3.05) is 13.2 Å². The summed E-state index contributed by atoms with van der Waals surface area (Å²) in [5, 5.41) is 0. The fourth-order valence-corrected chi connectivity index (χ4v) is 4.85. The first kappa shape index (κ1) is 43.8. The molecule has 0 radical (unpaired) electrons. The number of unbranched alkanes of at least 4 members (excludes halogenated alkanes) is 14. The minimum Gasteiger partial charge on any atom is -0.462 e. The minimum absolute atomic E-state index is 0.180. The molecule has 2 N–H and O–H groups in total. The second-order valence-corrected chi connectivity index (χ2v) is 12.8. The number of carbonyl (C=O) groups excluding carboxylic acids is 2. The Hall–Kier alpha value is -2.25.